The second kappa shape index (κ2) is 6.25. The van der Waals surface area contributed by atoms with E-state index in [9.17, 15) is 4.79 Å². The molecular formula is C16H20Cl2N2O. The summed E-state index contributed by atoms with van der Waals surface area (Å²) in [5.41, 5.74) is 0.534. The van der Waals surface area contributed by atoms with Gasteiger partial charge in [-0.25, -0.2) is 0 Å². The lowest BCUT2D eigenvalue weighted by Gasteiger charge is -2.25. The maximum atomic E-state index is 12.5. The van der Waals surface area contributed by atoms with Gasteiger partial charge >= 0.3 is 0 Å². The monoisotopic (exact) mass is 326 g/mol. The van der Waals surface area contributed by atoms with Crippen molar-refractivity contribution in [2.24, 2.45) is 0 Å². The minimum atomic E-state index is 0.0583. The number of halogens is 2. The van der Waals surface area contributed by atoms with Crippen LogP contribution in [-0.2, 0) is 0 Å². The molecule has 0 saturated carbocycles. The van der Waals surface area contributed by atoms with Crippen LogP contribution in [0.25, 0.3) is 0 Å². The van der Waals surface area contributed by atoms with Crippen LogP contribution in [0.4, 0.5) is 0 Å². The summed E-state index contributed by atoms with van der Waals surface area (Å²) < 4.78 is 0. The van der Waals surface area contributed by atoms with Gasteiger partial charge in [-0.2, -0.15) is 0 Å². The van der Waals surface area contributed by atoms with Gasteiger partial charge in [-0.15, -0.1) is 0 Å². The third kappa shape index (κ3) is 3.26. The molecule has 0 aromatic heterocycles. The molecule has 1 aromatic rings. The average molecular weight is 327 g/mol. The highest BCUT2D eigenvalue weighted by Gasteiger charge is 2.35. The highest BCUT2D eigenvalue weighted by atomic mass is 35.5. The Morgan fingerprint density at radius 3 is 2.81 bits per heavy atom. The fourth-order valence-corrected chi connectivity index (χ4v) is 3.92. The fraction of sp³-hybridized carbons (Fsp3) is 0.562. The summed E-state index contributed by atoms with van der Waals surface area (Å²) in [6, 6.07) is 6.34. The summed E-state index contributed by atoms with van der Waals surface area (Å²) in [6.07, 6.45) is 3.68. The molecular weight excluding hydrogens is 307 g/mol. The Balaban J connectivity index is 1.69. The van der Waals surface area contributed by atoms with Crippen molar-refractivity contribution >= 4 is 29.0 Å². The van der Waals surface area contributed by atoms with E-state index in [0.717, 1.165) is 19.5 Å². The number of hydrogen-bond acceptors (Lipinski definition) is 3. The van der Waals surface area contributed by atoms with Gasteiger partial charge in [-0.1, -0.05) is 23.2 Å². The van der Waals surface area contributed by atoms with Crippen molar-refractivity contribution in [3.63, 3.8) is 0 Å². The first-order valence-corrected chi connectivity index (χ1v) is 8.22. The van der Waals surface area contributed by atoms with Crippen molar-refractivity contribution in [3.8, 4) is 0 Å². The van der Waals surface area contributed by atoms with E-state index in [4.69, 9.17) is 23.2 Å². The standard InChI is InChI=1S/C16H20Cl2N2O/c1-19-12-3-4-13(19)9-20(7-6-12)10-16(21)14-8-11(17)2-5-15(14)18/h2,5,8,12-13H,3-4,6-7,9-10H2,1H3. The Bertz CT molecular complexity index is 549. The molecule has 0 aliphatic carbocycles. The fourth-order valence-electron chi connectivity index (χ4n) is 3.52. The van der Waals surface area contributed by atoms with Crippen molar-refractivity contribution in [3.05, 3.63) is 33.8 Å². The van der Waals surface area contributed by atoms with E-state index in [1.54, 1.807) is 18.2 Å². The molecule has 2 unspecified atom stereocenters. The highest BCUT2D eigenvalue weighted by molar-refractivity contribution is 6.36. The topological polar surface area (TPSA) is 23.6 Å². The van der Waals surface area contributed by atoms with Gasteiger partial charge in [0.1, 0.15) is 0 Å². The van der Waals surface area contributed by atoms with Gasteiger partial charge in [0.2, 0.25) is 0 Å². The van der Waals surface area contributed by atoms with Gasteiger partial charge in [0.05, 0.1) is 11.6 Å². The van der Waals surface area contributed by atoms with Crippen LogP contribution in [-0.4, -0.2) is 54.3 Å². The van der Waals surface area contributed by atoms with E-state index >= 15 is 0 Å². The third-order valence-electron chi connectivity index (χ3n) is 4.83. The molecule has 1 aromatic carbocycles. The Morgan fingerprint density at radius 1 is 1.24 bits per heavy atom. The minimum Gasteiger partial charge on any atom is -0.299 e. The number of nitrogens with zero attached hydrogens (tertiary/aromatic N) is 2. The van der Waals surface area contributed by atoms with Crippen LogP contribution in [0.5, 0.6) is 0 Å². The molecule has 2 saturated heterocycles. The normalized spacial score (nSPS) is 26.8. The van der Waals surface area contributed by atoms with Crippen molar-refractivity contribution in [2.45, 2.75) is 31.3 Å². The van der Waals surface area contributed by atoms with Crippen LogP contribution in [0.2, 0.25) is 10.0 Å². The van der Waals surface area contributed by atoms with Gasteiger partial charge in [-0.05, 0) is 44.5 Å². The van der Waals surface area contributed by atoms with Gasteiger partial charge in [0.15, 0.2) is 5.78 Å². The van der Waals surface area contributed by atoms with Crippen LogP contribution in [0.3, 0.4) is 0 Å². The molecule has 5 heteroatoms. The second-order valence-electron chi connectivity index (χ2n) is 6.12. The van der Waals surface area contributed by atoms with E-state index in [2.05, 4.69) is 16.8 Å². The zero-order chi connectivity index (χ0) is 15.0. The summed E-state index contributed by atoms with van der Waals surface area (Å²) in [6.45, 7) is 2.38. The Hall–Kier alpha value is -0.610. The number of likely N-dealkylation sites (N-methyl/N-ethyl adjacent to an activating group) is 1. The number of carbonyl (C=O) groups excluding carboxylic acids is 1. The summed E-state index contributed by atoms with van der Waals surface area (Å²) in [7, 11) is 2.21. The van der Waals surface area contributed by atoms with E-state index in [1.165, 1.54) is 12.8 Å². The highest BCUT2D eigenvalue weighted by Crippen LogP contribution is 2.29. The minimum absolute atomic E-state index is 0.0583. The van der Waals surface area contributed by atoms with E-state index < -0.39 is 0 Å². The molecule has 2 heterocycles. The molecule has 2 fully saturated rings. The van der Waals surface area contributed by atoms with Crippen LogP contribution < -0.4 is 0 Å². The lowest BCUT2D eigenvalue weighted by Crippen LogP contribution is -2.38. The number of fused-ring (bicyclic) bond motifs is 2. The lowest BCUT2D eigenvalue weighted by atomic mass is 10.1. The van der Waals surface area contributed by atoms with Crippen LogP contribution in [0.15, 0.2) is 18.2 Å². The van der Waals surface area contributed by atoms with Gasteiger partial charge in [0.25, 0.3) is 0 Å². The number of benzene rings is 1. The molecule has 0 radical (unpaired) electrons. The SMILES string of the molecule is CN1C2CCC1CN(CC(=O)c1cc(Cl)ccc1Cl)CC2. The predicted molar refractivity (Wildman–Crippen MR) is 86.4 cm³/mol. The van der Waals surface area contributed by atoms with Crippen molar-refractivity contribution in [1.82, 2.24) is 9.80 Å². The van der Waals surface area contributed by atoms with Crippen molar-refractivity contribution < 1.29 is 4.79 Å². The quantitative estimate of drug-likeness (QED) is 0.796. The molecule has 2 aliphatic heterocycles. The predicted octanol–water partition coefficient (Wildman–Crippen LogP) is 3.34. The van der Waals surface area contributed by atoms with E-state index in [1.807, 2.05) is 0 Å². The number of likely N-dealkylation sites (tertiary alicyclic amines) is 1. The molecule has 114 valence electrons. The first kappa shape index (κ1) is 15.3. The second-order valence-corrected chi connectivity index (χ2v) is 6.97. The maximum Gasteiger partial charge on any atom is 0.178 e. The Morgan fingerprint density at radius 2 is 2.00 bits per heavy atom. The van der Waals surface area contributed by atoms with Gasteiger partial charge < -0.3 is 0 Å². The average Bonchev–Trinajstić information content (AvgIpc) is 2.69. The summed E-state index contributed by atoms with van der Waals surface area (Å²) in [5.74, 6) is 0.0583. The Kier molecular flexibility index (Phi) is 4.55. The first-order valence-electron chi connectivity index (χ1n) is 7.47. The number of ketones is 1. The molecule has 2 atom stereocenters. The largest absolute Gasteiger partial charge is 0.299 e. The zero-order valence-corrected chi connectivity index (χ0v) is 13.7. The molecule has 0 spiro atoms. The van der Waals surface area contributed by atoms with Gasteiger partial charge in [0, 0.05) is 35.8 Å². The van der Waals surface area contributed by atoms with E-state index in [0.29, 0.717) is 34.2 Å². The van der Waals surface area contributed by atoms with Crippen molar-refractivity contribution in [1.29, 1.82) is 0 Å². The number of hydrogen-bond donors (Lipinski definition) is 0. The Labute approximate surface area is 135 Å². The lowest BCUT2D eigenvalue weighted by molar-refractivity contribution is 0.0923. The van der Waals surface area contributed by atoms with Crippen LogP contribution >= 0.6 is 23.2 Å². The number of Topliss-reactive ketones (excluding diaryl/α,β-unsaturated/α-hetero) is 1. The summed E-state index contributed by atoms with van der Waals surface area (Å²) >= 11 is 12.1. The van der Waals surface area contributed by atoms with Crippen molar-refractivity contribution in [2.75, 3.05) is 26.7 Å². The molecule has 21 heavy (non-hydrogen) atoms. The zero-order valence-electron chi connectivity index (χ0n) is 12.2. The maximum absolute atomic E-state index is 12.5. The molecule has 0 amide bonds. The summed E-state index contributed by atoms with van der Waals surface area (Å²) in [5, 5.41) is 1.04. The van der Waals surface area contributed by atoms with Crippen LogP contribution in [0, 0.1) is 0 Å². The molecule has 2 bridgehead atoms. The van der Waals surface area contributed by atoms with Gasteiger partial charge in [-0.3, -0.25) is 14.6 Å². The first-order chi connectivity index (χ1) is 10.0. The molecule has 3 nitrogen and oxygen atoms in total. The third-order valence-corrected chi connectivity index (χ3v) is 5.39. The molecule has 3 rings (SSSR count). The smallest absolute Gasteiger partial charge is 0.178 e. The summed E-state index contributed by atoms with van der Waals surface area (Å²) in [4.78, 5) is 17.2. The van der Waals surface area contributed by atoms with Crippen LogP contribution in [0.1, 0.15) is 29.6 Å². The molecule has 2 aliphatic rings. The van der Waals surface area contributed by atoms with E-state index in [-0.39, 0.29) is 5.78 Å². The molecule has 0 N–H and O–H groups in total. The number of carbonyl (C=O) groups is 1. The number of rotatable bonds is 3.